The van der Waals surface area contributed by atoms with E-state index in [0.29, 0.717) is 10.1 Å². The molecule has 1 heterocycles. The Hall–Kier alpha value is -2.12. The summed E-state index contributed by atoms with van der Waals surface area (Å²) in [4.78, 5) is 11.1. The van der Waals surface area contributed by atoms with Crippen molar-refractivity contribution in [1.29, 1.82) is 0 Å². The number of hydrogen-bond donors (Lipinski definition) is 3. The molecule has 154 valence electrons. The second kappa shape index (κ2) is 8.49. The molecule has 2 rings (SSSR count). The first kappa shape index (κ1) is 22.2. The lowest BCUT2D eigenvalue weighted by Crippen LogP contribution is -2.55. The molecule has 0 aliphatic carbocycles. The molecule has 0 saturated carbocycles. The first-order chi connectivity index (χ1) is 12.9. The number of carboxylic acids is 1. The molecule has 1 aliphatic rings. The van der Waals surface area contributed by atoms with Crippen molar-refractivity contribution in [3.8, 4) is 17.6 Å². The van der Waals surface area contributed by atoms with E-state index in [1.807, 2.05) is 20.8 Å². The smallest absolute Gasteiger partial charge is 0.310 e. The SMILES string of the molecule is CC(C)(C)C#CCOc1ccc(S(=O)(=O)N2CC(O)CC(C(=O)O)C2O)cc1. The number of benzene rings is 1. The lowest BCUT2D eigenvalue weighted by Gasteiger charge is -2.37. The van der Waals surface area contributed by atoms with Crippen LogP contribution in [0.15, 0.2) is 29.2 Å². The lowest BCUT2D eigenvalue weighted by molar-refractivity contribution is -0.155. The van der Waals surface area contributed by atoms with Crippen LogP contribution in [0.2, 0.25) is 0 Å². The predicted molar refractivity (Wildman–Crippen MR) is 101 cm³/mol. The van der Waals surface area contributed by atoms with E-state index in [1.54, 1.807) is 0 Å². The second-order valence-corrected chi connectivity index (χ2v) is 9.53. The van der Waals surface area contributed by atoms with Gasteiger partial charge in [0.1, 0.15) is 18.6 Å². The Labute approximate surface area is 164 Å². The van der Waals surface area contributed by atoms with Gasteiger partial charge < -0.3 is 20.1 Å². The molecular weight excluding hydrogens is 386 g/mol. The Morgan fingerprint density at radius 1 is 1.25 bits per heavy atom. The van der Waals surface area contributed by atoms with Gasteiger partial charge in [-0.25, -0.2) is 8.42 Å². The zero-order valence-corrected chi connectivity index (χ0v) is 16.8. The van der Waals surface area contributed by atoms with E-state index in [9.17, 15) is 23.4 Å². The number of aliphatic hydroxyl groups is 2. The van der Waals surface area contributed by atoms with Gasteiger partial charge in [0.25, 0.3) is 0 Å². The molecule has 1 saturated heterocycles. The van der Waals surface area contributed by atoms with Gasteiger partial charge in [-0.05, 0) is 51.5 Å². The first-order valence-electron chi connectivity index (χ1n) is 8.75. The largest absolute Gasteiger partial charge is 0.481 e. The number of nitrogens with zero attached hydrogens (tertiary/aromatic N) is 1. The molecule has 9 heteroatoms. The monoisotopic (exact) mass is 411 g/mol. The summed E-state index contributed by atoms with van der Waals surface area (Å²) >= 11 is 0. The fraction of sp³-hybridized carbons (Fsp3) is 0.526. The quantitative estimate of drug-likeness (QED) is 0.615. The van der Waals surface area contributed by atoms with Crippen molar-refractivity contribution in [2.75, 3.05) is 13.2 Å². The van der Waals surface area contributed by atoms with E-state index in [-0.39, 0.29) is 29.9 Å². The molecule has 0 radical (unpaired) electrons. The van der Waals surface area contributed by atoms with Crippen molar-refractivity contribution in [2.45, 2.75) is 44.4 Å². The summed E-state index contributed by atoms with van der Waals surface area (Å²) in [5.41, 5.74) is -0.144. The number of piperidine rings is 1. The van der Waals surface area contributed by atoms with Crippen LogP contribution in [-0.4, -0.2) is 59.5 Å². The maximum Gasteiger partial charge on any atom is 0.310 e. The number of carbonyl (C=O) groups is 1. The summed E-state index contributed by atoms with van der Waals surface area (Å²) < 4.78 is 31.7. The van der Waals surface area contributed by atoms with Gasteiger partial charge in [0.05, 0.1) is 16.9 Å². The van der Waals surface area contributed by atoms with Gasteiger partial charge in [-0.1, -0.05) is 11.8 Å². The van der Waals surface area contributed by atoms with Crippen molar-refractivity contribution < 1.29 is 33.3 Å². The minimum Gasteiger partial charge on any atom is -0.481 e. The molecule has 3 unspecified atom stereocenters. The lowest BCUT2D eigenvalue weighted by atomic mass is 9.96. The summed E-state index contributed by atoms with van der Waals surface area (Å²) in [5.74, 6) is 3.55. The van der Waals surface area contributed by atoms with Crippen LogP contribution in [0.25, 0.3) is 0 Å². The zero-order chi connectivity index (χ0) is 21.1. The van der Waals surface area contributed by atoms with E-state index >= 15 is 0 Å². The molecule has 1 aromatic rings. The van der Waals surface area contributed by atoms with Gasteiger partial charge in [0, 0.05) is 12.0 Å². The standard InChI is InChI=1S/C19H25NO7S/c1-19(2,3)9-4-10-27-14-5-7-15(8-6-14)28(25,26)20-12-13(21)11-16(17(20)22)18(23)24/h5-8,13,16-17,21-22H,10-12H2,1-3H3,(H,23,24). The Kier molecular flexibility index (Phi) is 6.72. The zero-order valence-electron chi connectivity index (χ0n) is 16.0. The van der Waals surface area contributed by atoms with Crippen LogP contribution in [-0.2, 0) is 14.8 Å². The van der Waals surface area contributed by atoms with Gasteiger partial charge in [0.2, 0.25) is 10.0 Å². The molecule has 1 aromatic carbocycles. The Bertz CT molecular complexity index is 862. The highest BCUT2D eigenvalue weighted by Crippen LogP contribution is 2.29. The highest BCUT2D eigenvalue weighted by molar-refractivity contribution is 7.89. The van der Waals surface area contributed by atoms with Crippen molar-refractivity contribution >= 4 is 16.0 Å². The van der Waals surface area contributed by atoms with Crippen molar-refractivity contribution in [1.82, 2.24) is 4.31 Å². The van der Waals surface area contributed by atoms with Gasteiger partial charge in [-0.15, -0.1) is 0 Å². The Balaban J connectivity index is 2.15. The molecule has 3 N–H and O–H groups in total. The molecule has 0 amide bonds. The first-order valence-corrected chi connectivity index (χ1v) is 10.2. The van der Waals surface area contributed by atoms with E-state index < -0.39 is 34.2 Å². The van der Waals surface area contributed by atoms with Crippen molar-refractivity contribution in [2.24, 2.45) is 11.3 Å². The number of aliphatic hydroxyl groups excluding tert-OH is 2. The van der Waals surface area contributed by atoms with E-state index in [4.69, 9.17) is 9.84 Å². The number of rotatable bonds is 5. The topological polar surface area (TPSA) is 124 Å². The number of β-amino-alcohol motifs (C(OH)–C–C–N with tert-alkyl or cyclic N) is 1. The minimum atomic E-state index is -4.20. The highest BCUT2D eigenvalue weighted by atomic mass is 32.2. The van der Waals surface area contributed by atoms with Crippen molar-refractivity contribution in [3.63, 3.8) is 0 Å². The fourth-order valence-electron chi connectivity index (χ4n) is 2.74. The van der Waals surface area contributed by atoms with Crippen LogP contribution < -0.4 is 4.74 Å². The van der Waals surface area contributed by atoms with Gasteiger partial charge in [-0.3, -0.25) is 4.79 Å². The Morgan fingerprint density at radius 3 is 2.39 bits per heavy atom. The third-order valence-electron chi connectivity index (χ3n) is 4.09. The van der Waals surface area contributed by atoms with E-state index in [0.717, 1.165) is 0 Å². The molecule has 3 atom stereocenters. The molecule has 0 aromatic heterocycles. The average Bonchev–Trinajstić information content (AvgIpc) is 2.59. The molecule has 1 aliphatic heterocycles. The van der Waals surface area contributed by atoms with Gasteiger partial charge in [0.15, 0.2) is 0 Å². The van der Waals surface area contributed by atoms with Crippen LogP contribution in [0.4, 0.5) is 0 Å². The number of ether oxygens (including phenoxy) is 1. The molecular formula is C19H25NO7S. The summed E-state index contributed by atoms with van der Waals surface area (Å²) in [6, 6.07) is 5.50. The summed E-state index contributed by atoms with van der Waals surface area (Å²) in [5, 5.41) is 29.2. The molecule has 1 fully saturated rings. The van der Waals surface area contributed by atoms with Crippen molar-refractivity contribution in [3.05, 3.63) is 24.3 Å². The maximum atomic E-state index is 12.8. The molecule has 8 nitrogen and oxygen atoms in total. The summed E-state index contributed by atoms with van der Waals surface area (Å²) in [6.45, 7) is 5.69. The summed E-state index contributed by atoms with van der Waals surface area (Å²) in [7, 11) is -4.20. The second-order valence-electron chi connectivity index (χ2n) is 7.63. The van der Waals surface area contributed by atoms with E-state index in [1.165, 1.54) is 24.3 Å². The van der Waals surface area contributed by atoms with Crippen LogP contribution in [0.3, 0.4) is 0 Å². The van der Waals surface area contributed by atoms with Gasteiger partial charge >= 0.3 is 5.97 Å². The minimum absolute atomic E-state index is 0.141. The third kappa shape index (κ3) is 5.45. The normalized spacial score (nSPS) is 23.5. The number of carboxylic acid groups (broad SMARTS) is 1. The van der Waals surface area contributed by atoms with Crippen LogP contribution in [0.1, 0.15) is 27.2 Å². The Morgan fingerprint density at radius 2 is 1.86 bits per heavy atom. The number of aliphatic carboxylic acids is 1. The molecule has 0 spiro atoms. The number of sulfonamides is 1. The fourth-order valence-corrected chi connectivity index (χ4v) is 4.29. The maximum absolute atomic E-state index is 12.8. The van der Waals surface area contributed by atoms with Gasteiger partial charge in [-0.2, -0.15) is 4.31 Å². The van der Waals surface area contributed by atoms with Crippen LogP contribution >= 0.6 is 0 Å². The third-order valence-corrected chi connectivity index (χ3v) is 5.94. The molecule has 0 bridgehead atoms. The number of hydrogen-bond acceptors (Lipinski definition) is 6. The molecule has 28 heavy (non-hydrogen) atoms. The van der Waals surface area contributed by atoms with E-state index in [2.05, 4.69) is 11.8 Å². The highest BCUT2D eigenvalue weighted by Gasteiger charge is 2.44. The average molecular weight is 411 g/mol. The summed E-state index contributed by atoms with van der Waals surface area (Å²) in [6.07, 6.45) is -3.15. The van der Waals surface area contributed by atoms with Crippen LogP contribution in [0.5, 0.6) is 5.75 Å². The van der Waals surface area contributed by atoms with Crippen LogP contribution in [0, 0.1) is 23.2 Å². The predicted octanol–water partition coefficient (Wildman–Crippen LogP) is 0.889.